The van der Waals surface area contributed by atoms with Gasteiger partial charge in [-0.25, -0.2) is 9.59 Å². The van der Waals surface area contributed by atoms with Crippen LogP contribution >= 0.6 is 0 Å². The molecule has 0 bridgehead atoms. The number of nitrogens with one attached hydrogen (secondary N) is 4. The van der Waals surface area contributed by atoms with E-state index in [0.717, 1.165) is 11.8 Å². The Morgan fingerprint density at radius 2 is 1.54 bits per heavy atom. The number of carbonyl (C=O) groups excluding carboxylic acids is 5. The third kappa shape index (κ3) is 17.5. The Morgan fingerprint density at radius 1 is 0.980 bits per heavy atom. The average molecular weight is 752 g/mol. The Kier molecular flexibility index (Phi) is 18.6. The maximum atomic E-state index is 13.0. The molecule has 22 nitrogen and oxygen atoms in total. The molecule has 14 N–H and O–H groups in total. The van der Waals surface area contributed by atoms with Gasteiger partial charge in [-0.3, -0.25) is 33.5 Å². The van der Waals surface area contributed by atoms with Crippen molar-refractivity contribution in [1.82, 2.24) is 26.2 Å². The second-order valence-corrected chi connectivity index (χ2v) is 11.9. The van der Waals surface area contributed by atoms with Crippen LogP contribution in [0.1, 0.15) is 32.6 Å². The lowest BCUT2D eigenvalue weighted by Gasteiger charge is -2.30. The van der Waals surface area contributed by atoms with Gasteiger partial charge in [0.15, 0.2) is 5.96 Å². The number of aliphatic imine (C=N–C) groups is 1. The molecule has 1 aliphatic heterocycles. The number of aliphatic hydroxyl groups excluding tert-OH is 1. The second kappa shape index (κ2) is 20.6. The highest BCUT2D eigenvalue weighted by molar-refractivity contribution is 7.85. The number of nitrogens with zero attached hydrogens (tertiary/aromatic N) is 2. The average Bonchev–Trinajstić information content (AvgIpc) is 3.49. The Hall–Kier alpha value is -4.82. The Morgan fingerprint density at radius 3 is 2.00 bits per heavy atom. The normalized spacial score (nSPS) is 16.6. The molecular weight excluding hydrogens is 711 g/mol. The van der Waals surface area contributed by atoms with Gasteiger partial charge < -0.3 is 58.7 Å². The van der Waals surface area contributed by atoms with Crippen molar-refractivity contribution in [3.8, 4) is 0 Å². The van der Waals surface area contributed by atoms with E-state index in [1.54, 1.807) is 0 Å². The molecule has 0 aromatic rings. The number of carboxylic acids is 2. The number of likely N-dealkylation sites (tertiary alicyclic amines) is 1. The van der Waals surface area contributed by atoms with E-state index in [0.29, 0.717) is 6.42 Å². The number of guanidine groups is 1. The van der Waals surface area contributed by atoms with Gasteiger partial charge in [0.05, 0.1) is 19.2 Å². The summed E-state index contributed by atoms with van der Waals surface area (Å²) in [5.74, 6) is -10.5. The van der Waals surface area contributed by atoms with E-state index in [4.69, 9.17) is 27.1 Å². The van der Waals surface area contributed by atoms with Gasteiger partial charge in [-0.1, -0.05) is 0 Å². The minimum Gasteiger partial charge on any atom is -0.480 e. The van der Waals surface area contributed by atoms with Crippen LogP contribution in [-0.4, -0.2) is 149 Å². The number of nitrogens with two attached hydrogens (primary N) is 3. The van der Waals surface area contributed by atoms with Gasteiger partial charge in [0, 0.05) is 13.1 Å². The minimum absolute atomic E-state index is 0.0286. The summed E-state index contributed by atoms with van der Waals surface area (Å²) in [6.45, 7) is 0.0276. The van der Waals surface area contributed by atoms with Crippen molar-refractivity contribution >= 4 is 57.6 Å². The van der Waals surface area contributed by atoms with E-state index in [1.807, 2.05) is 5.32 Å². The summed E-state index contributed by atoms with van der Waals surface area (Å²) in [4.78, 5) is 87.8. The molecule has 0 spiro atoms. The number of carboxylic acid groups (broad SMARTS) is 2. The lowest BCUT2D eigenvalue weighted by Crippen LogP contribution is -2.60. The Balaban J connectivity index is 0.00000308. The maximum Gasteiger partial charge on any atom is 0.490 e. The first kappa shape index (κ1) is 45.2. The third-order valence-corrected chi connectivity index (χ3v) is 7.10. The first-order chi connectivity index (χ1) is 22.9. The highest BCUT2D eigenvalue weighted by Gasteiger charge is 2.40. The van der Waals surface area contributed by atoms with Gasteiger partial charge in [-0.15, -0.1) is 0 Å². The molecule has 1 aliphatic rings. The largest absolute Gasteiger partial charge is 0.490 e. The predicted octanol–water partition coefficient (Wildman–Crippen LogP) is -5.45. The van der Waals surface area contributed by atoms with E-state index >= 15 is 0 Å². The van der Waals surface area contributed by atoms with Gasteiger partial charge in [-0.05, 0) is 32.6 Å². The summed E-state index contributed by atoms with van der Waals surface area (Å²) in [6, 6.07) is -6.09. The van der Waals surface area contributed by atoms with E-state index in [9.17, 15) is 65.1 Å². The molecule has 0 aliphatic carbocycles. The monoisotopic (exact) mass is 751 g/mol. The second-order valence-electron chi connectivity index (χ2n) is 10.4. The van der Waals surface area contributed by atoms with Gasteiger partial charge in [0.25, 0.3) is 10.1 Å². The van der Waals surface area contributed by atoms with Crippen LogP contribution in [0.15, 0.2) is 4.99 Å². The van der Waals surface area contributed by atoms with Gasteiger partial charge >= 0.3 is 18.1 Å². The van der Waals surface area contributed by atoms with Crippen molar-refractivity contribution in [2.45, 2.75) is 69.1 Å². The lowest BCUT2D eigenvalue weighted by atomic mass is 10.1. The molecule has 0 unspecified atom stereocenters. The first-order valence-electron chi connectivity index (χ1n) is 14.3. The SMILES string of the molecule is C[C@@H](O)[C@H](NC(=O)[C@H](CS(=O)(=O)O)NC(=O)CNC(=O)[C@H](CCCN=C(N)N)NC(=O)CN)C(=O)N1CCC[C@H]1C(=O)O.O=C(O)C(F)(F)F. The van der Waals surface area contributed by atoms with Crippen LogP contribution < -0.4 is 38.5 Å². The fourth-order valence-electron chi connectivity index (χ4n) is 4.06. The standard InChI is InChI=1S/C22H39N9O11S.C2HF3O2/c1-11(32)17(20(37)31-7-3-5-14(31)21(38)39)30-19(36)13(10-43(40,41)42)29-16(34)9-27-18(35)12(28-15(33)8-23)4-2-6-26-22(24)25;3-2(4,5)1(6)7/h11-14,17,32H,2-10,23H2,1H3,(H,27,35)(H,28,33)(H,29,34)(H,30,36)(H,38,39)(H4,24,25,26)(H,40,41,42);(H,6,7)/t11-,12+,13+,14+,17+;/m1./s1. The van der Waals surface area contributed by atoms with Gasteiger partial charge in [0.1, 0.15) is 29.9 Å². The number of hydrogen-bond donors (Lipinski definition) is 11. The summed E-state index contributed by atoms with van der Waals surface area (Å²) in [5, 5.41) is 35.3. The van der Waals surface area contributed by atoms with Crippen LogP contribution in [0.3, 0.4) is 0 Å². The topological polar surface area (TPSA) is 376 Å². The highest BCUT2D eigenvalue weighted by Crippen LogP contribution is 2.19. The molecule has 0 saturated carbocycles. The number of rotatable bonds is 17. The Labute approximate surface area is 282 Å². The molecule has 286 valence electrons. The number of alkyl halides is 3. The molecule has 5 amide bonds. The van der Waals surface area contributed by atoms with Crippen LogP contribution in [0.5, 0.6) is 0 Å². The maximum absolute atomic E-state index is 13.0. The number of halogens is 3. The van der Waals surface area contributed by atoms with Crippen molar-refractivity contribution in [1.29, 1.82) is 0 Å². The molecule has 0 aromatic heterocycles. The fourth-order valence-corrected chi connectivity index (χ4v) is 4.72. The molecule has 1 saturated heterocycles. The summed E-state index contributed by atoms with van der Waals surface area (Å²) in [7, 11) is -4.89. The Bertz CT molecular complexity index is 1380. The summed E-state index contributed by atoms with van der Waals surface area (Å²) < 4.78 is 64.2. The van der Waals surface area contributed by atoms with Crippen LogP contribution in [0.2, 0.25) is 0 Å². The van der Waals surface area contributed by atoms with Crippen LogP contribution in [0.25, 0.3) is 0 Å². The fraction of sp³-hybridized carbons (Fsp3) is 0.667. The number of aliphatic hydroxyl groups is 1. The summed E-state index contributed by atoms with van der Waals surface area (Å²) >= 11 is 0. The zero-order valence-electron chi connectivity index (χ0n) is 26.4. The minimum atomic E-state index is -5.08. The quantitative estimate of drug-likeness (QED) is 0.0286. The van der Waals surface area contributed by atoms with Crippen molar-refractivity contribution in [2.24, 2.45) is 22.2 Å². The van der Waals surface area contributed by atoms with Crippen LogP contribution in [0, 0.1) is 0 Å². The van der Waals surface area contributed by atoms with Crippen LogP contribution in [0.4, 0.5) is 13.2 Å². The summed E-state index contributed by atoms with van der Waals surface area (Å²) in [6.07, 6.45) is -5.87. The highest BCUT2D eigenvalue weighted by atomic mass is 32.2. The number of hydrogen-bond acceptors (Lipinski definition) is 12. The molecule has 26 heteroatoms. The molecule has 1 fully saturated rings. The van der Waals surface area contributed by atoms with E-state index in [1.165, 1.54) is 0 Å². The molecule has 1 heterocycles. The predicted molar refractivity (Wildman–Crippen MR) is 162 cm³/mol. The van der Waals surface area contributed by atoms with Crippen molar-refractivity contribution in [3.63, 3.8) is 0 Å². The van der Waals surface area contributed by atoms with Gasteiger partial charge in [-0.2, -0.15) is 21.6 Å². The molecule has 0 radical (unpaired) electrons. The van der Waals surface area contributed by atoms with E-state index in [-0.39, 0.29) is 38.3 Å². The molecule has 1 rings (SSSR count). The van der Waals surface area contributed by atoms with Crippen molar-refractivity contribution in [3.05, 3.63) is 0 Å². The summed E-state index contributed by atoms with van der Waals surface area (Å²) in [5.41, 5.74) is 15.7. The van der Waals surface area contributed by atoms with Gasteiger partial charge in [0.2, 0.25) is 29.5 Å². The molecule has 50 heavy (non-hydrogen) atoms. The number of carbonyl (C=O) groups is 7. The van der Waals surface area contributed by atoms with E-state index < -0.39 is 107 Å². The smallest absolute Gasteiger partial charge is 0.480 e. The molecule has 0 aromatic carbocycles. The first-order valence-corrected chi connectivity index (χ1v) is 15.9. The lowest BCUT2D eigenvalue weighted by molar-refractivity contribution is -0.192. The number of amides is 5. The van der Waals surface area contributed by atoms with E-state index in [2.05, 4.69) is 20.9 Å². The zero-order valence-corrected chi connectivity index (χ0v) is 27.2. The van der Waals surface area contributed by atoms with Crippen molar-refractivity contribution < 1.29 is 75.0 Å². The third-order valence-electron chi connectivity index (χ3n) is 6.34. The van der Waals surface area contributed by atoms with Crippen molar-refractivity contribution in [2.75, 3.05) is 31.9 Å². The number of aliphatic carboxylic acids is 2. The molecule has 5 atom stereocenters. The van der Waals surface area contributed by atoms with Crippen LogP contribution in [-0.2, 0) is 43.7 Å². The molecular formula is C24H40F3N9O13S. The zero-order chi connectivity index (χ0) is 39.0.